The Bertz CT molecular complexity index is 359. The van der Waals surface area contributed by atoms with E-state index in [-0.39, 0.29) is 12.3 Å². The van der Waals surface area contributed by atoms with E-state index in [1.807, 2.05) is 0 Å². The number of hydrogen-bond acceptors (Lipinski definition) is 3. The third-order valence-corrected chi connectivity index (χ3v) is 2.07. The number of alkyl halides is 2. The minimum Gasteiger partial charge on any atom is -0.435 e. The first-order valence-electron chi connectivity index (χ1n) is 4.28. The highest BCUT2D eigenvalue weighted by molar-refractivity contribution is 7.78. The lowest BCUT2D eigenvalue weighted by Gasteiger charge is -2.12. The molecule has 0 aliphatic carbocycles. The molecule has 0 atom stereocenters. The van der Waals surface area contributed by atoms with Crippen LogP contribution >= 0.6 is 12.8 Å². The molecule has 0 aromatic heterocycles. The van der Waals surface area contributed by atoms with E-state index in [2.05, 4.69) is 17.6 Å². The number of ether oxygens (including phenoxy) is 1. The van der Waals surface area contributed by atoms with Crippen molar-refractivity contribution in [2.75, 3.05) is 0 Å². The number of benzene rings is 1. The molecule has 0 bridgehead atoms. The molecule has 16 heavy (non-hydrogen) atoms. The number of halogens is 2. The third kappa shape index (κ3) is 3.93. The quantitative estimate of drug-likeness (QED) is 0.801. The molecule has 0 fully saturated rings. The summed E-state index contributed by atoms with van der Waals surface area (Å²) in [5.74, 6) is 0.0588. The molecule has 0 saturated carbocycles. The van der Waals surface area contributed by atoms with Gasteiger partial charge in [0.25, 0.3) is 0 Å². The van der Waals surface area contributed by atoms with Crippen LogP contribution in [-0.4, -0.2) is 16.9 Å². The van der Waals surface area contributed by atoms with Gasteiger partial charge >= 0.3 is 12.6 Å². The van der Waals surface area contributed by atoms with Gasteiger partial charge in [0, 0.05) is 0 Å². The lowest BCUT2D eigenvalue weighted by molar-refractivity contribution is -0.0498. The number of urea groups is 1. The highest BCUT2D eigenvalue weighted by Gasteiger charge is 2.07. The van der Waals surface area contributed by atoms with Crippen molar-refractivity contribution in [3.63, 3.8) is 0 Å². The lowest BCUT2D eigenvalue weighted by atomic mass is 10.2. The van der Waals surface area contributed by atoms with Gasteiger partial charge in [0.15, 0.2) is 0 Å². The summed E-state index contributed by atoms with van der Waals surface area (Å²) in [7, 11) is 0. The molecule has 0 spiro atoms. The zero-order chi connectivity index (χ0) is 12.1. The standard InChI is InChI=1S/C9H10F2N2O2S/c10-8(11)15-7-3-1-6(2-4-7)5-13(16)9(12)14/h1-4,8,16H,5H2,(H2,12,14). The van der Waals surface area contributed by atoms with Gasteiger partial charge in [-0.1, -0.05) is 24.9 Å². The average Bonchev–Trinajstić information content (AvgIpc) is 2.20. The summed E-state index contributed by atoms with van der Waals surface area (Å²) in [6.07, 6.45) is 0. The summed E-state index contributed by atoms with van der Waals surface area (Å²) in [5, 5.41) is 0. The minimum absolute atomic E-state index is 0.0588. The summed E-state index contributed by atoms with van der Waals surface area (Å²) < 4.78 is 28.8. The van der Waals surface area contributed by atoms with Crippen LogP contribution in [0.4, 0.5) is 13.6 Å². The maximum Gasteiger partial charge on any atom is 0.387 e. The molecule has 2 N–H and O–H groups in total. The molecule has 2 amide bonds. The number of amides is 2. The van der Waals surface area contributed by atoms with Crippen LogP contribution in [0.1, 0.15) is 5.56 Å². The fourth-order valence-corrected chi connectivity index (χ4v) is 1.19. The Labute approximate surface area is 96.5 Å². The van der Waals surface area contributed by atoms with E-state index < -0.39 is 12.6 Å². The Morgan fingerprint density at radius 1 is 1.44 bits per heavy atom. The smallest absolute Gasteiger partial charge is 0.387 e. The van der Waals surface area contributed by atoms with Gasteiger partial charge in [-0.25, -0.2) is 4.79 Å². The predicted molar refractivity (Wildman–Crippen MR) is 57.2 cm³/mol. The summed E-state index contributed by atoms with van der Waals surface area (Å²) in [5.41, 5.74) is 5.67. The first-order chi connectivity index (χ1) is 7.49. The van der Waals surface area contributed by atoms with Crippen LogP contribution in [0.2, 0.25) is 0 Å². The molecular weight excluding hydrogens is 238 g/mol. The number of carbonyl (C=O) groups is 1. The molecule has 0 radical (unpaired) electrons. The largest absolute Gasteiger partial charge is 0.435 e. The molecule has 0 unspecified atom stereocenters. The number of thiol groups is 1. The van der Waals surface area contributed by atoms with Crippen molar-refractivity contribution < 1.29 is 18.3 Å². The zero-order valence-electron chi connectivity index (χ0n) is 8.14. The van der Waals surface area contributed by atoms with Gasteiger partial charge in [-0.05, 0) is 17.7 Å². The van der Waals surface area contributed by atoms with Crippen LogP contribution in [0, 0.1) is 0 Å². The average molecular weight is 248 g/mol. The van der Waals surface area contributed by atoms with Crippen LogP contribution in [0.15, 0.2) is 24.3 Å². The van der Waals surface area contributed by atoms with Gasteiger partial charge in [-0.2, -0.15) is 8.78 Å². The van der Waals surface area contributed by atoms with Crippen molar-refractivity contribution in [1.82, 2.24) is 4.31 Å². The van der Waals surface area contributed by atoms with Gasteiger partial charge in [0.1, 0.15) is 5.75 Å². The molecule has 1 aromatic carbocycles. The Morgan fingerprint density at radius 3 is 2.44 bits per heavy atom. The van der Waals surface area contributed by atoms with E-state index >= 15 is 0 Å². The Morgan fingerprint density at radius 2 is 2.00 bits per heavy atom. The number of primary amides is 1. The normalized spacial score (nSPS) is 10.2. The van der Waals surface area contributed by atoms with Crippen LogP contribution in [0.3, 0.4) is 0 Å². The number of nitrogens with zero attached hydrogens (tertiary/aromatic N) is 1. The van der Waals surface area contributed by atoms with Crippen molar-refractivity contribution in [2.24, 2.45) is 5.73 Å². The minimum atomic E-state index is -2.85. The first-order valence-corrected chi connectivity index (χ1v) is 4.68. The number of rotatable bonds is 4. The number of nitrogens with two attached hydrogens (primary N) is 1. The Hall–Kier alpha value is -1.50. The van der Waals surface area contributed by atoms with Crippen molar-refractivity contribution in [3.05, 3.63) is 29.8 Å². The summed E-state index contributed by atoms with van der Waals surface area (Å²) in [4.78, 5) is 10.7. The number of carbonyl (C=O) groups excluding carboxylic acids is 1. The Balaban J connectivity index is 2.61. The molecule has 1 rings (SSSR count). The molecule has 0 heterocycles. The summed E-state index contributed by atoms with van der Waals surface area (Å²) >= 11 is 3.83. The predicted octanol–water partition coefficient (Wildman–Crippen LogP) is 2.01. The van der Waals surface area contributed by atoms with E-state index in [1.165, 1.54) is 12.1 Å². The monoisotopic (exact) mass is 248 g/mol. The van der Waals surface area contributed by atoms with Gasteiger partial charge in [-0.3, -0.25) is 4.31 Å². The van der Waals surface area contributed by atoms with Crippen LogP contribution < -0.4 is 10.5 Å². The van der Waals surface area contributed by atoms with Crippen LogP contribution in [0.25, 0.3) is 0 Å². The first kappa shape index (κ1) is 12.6. The van der Waals surface area contributed by atoms with Crippen molar-refractivity contribution in [1.29, 1.82) is 0 Å². The molecule has 88 valence electrons. The highest BCUT2D eigenvalue weighted by Crippen LogP contribution is 2.16. The molecule has 1 aromatic rings. The van der Waals surface area contributed by atoms with Crippen molar-refractivity contribution in [3.8, 4) is 5.75 Å². The second kappa shape index (κ2) is 5.55. The lowest BCUT2D eigenvalue weighted by Crippen LogP contribution is -2.27. The third-order valence-electron chi connectivity index (χ3n) is 1.74. The maximum absolute atomic E-state index is 11.8. The highest BCUT2D eigenvalue weighted by atomic mass is 32.1. The zero-order valence-corrected chi connectivity index (χ0v) is 9.03. The molecule has 0 aliphatic rings. The van der Waals surface area contributed by atoms with Crippen molar-refractivity contribution >= 4 is 18.8 Å². The van der Waals surface area contributed by atoms with E-state index in [4.69, 9.17) is 5.73 Å². The number of hydrogen-bond donors (Lipinski definition) is 2. The van der Waals surface area contributed by atoms with Gasteiger partial charge in [0.2, 0.25) is 0 Å². The van der Waals surface area contributed by atoms with Crippen molar-refractivity contribution in [2.45, 2.75) is 13.2 Å². The second-order valence-electron chi connectivity index (χ2n) is 2.92. The van der Waals surface area contributed by atoms with E-state index in [0.29, 0.717) is 5.56 Å². The topological polar surface area (TPSA) is 55.6 Å². The van der Waals surface area contributed by atoms with E-state index in [0.717, 1.165) is 4.31 Å². The van der Waals surface area contributed by atoms with E-state index in [1.54, 1.807) is 12.1 Å². The molecule has 7 heteroatoms. The Kier molecular flexibility index (Phi) is 4.36. The summed E-state index contributed by atoms with van der Waals surface area (Å²) in [6.45, 7) is -2.66. The molecule has 0 saturated heterocycles. The van der Waals surface area contributed by atoms with Gasteiger partial charge < -0.3 is 10.5 Å². The van der Waals surface area contributed by atoms with Crippen LogP contribution in [-0.2, 0) is 6.54 Å². The van der Waals surface area contributed by atoms with E-state index in [9.17, 15) is 13.6 Å². The van der Waals surface area contributed by atoms with Gasteiger partial charge in [0.05, 0.1) is 6.54 Å². The fourth-order valence-electron chi connectivity index (χ4n) is 1.03. The van der Waals surface area contributed by atoms with Crippen LogP contribution in [0.5, 0.6) is 5.75 Å². The second-order valence-corrected chi connectivity index (χ2v) is 3.40. The van der Waals surface area contributed by atoms with Gasteiger partial charge in [-0.15, -0.1) is 0 Å². The SMILES string of the molecule is NC(=O)N(S)Cc1ccc(OC(F)F)cc1. The summed E-state index contributed by atoms with van der Waals surface area (Å²) in [6, 6.07) is 5.17. The maximum atomic E-state index is 11.8. The molecule has 0 aliphatic heterocycles. The molecule has 4 nitrogen and oxygen atoms in total. The molecular formula is C9H10F2N2O2S. The fraction of sp³-hybridized carbons (Fsp3) is 0.222.